The Bertz CT molecular complexity index is 701. The number of halogens is 19. The molecular formula is C14H9F19O2. The maximum absolute atomic E-state index is 15.0. The summed E-state index contributed by atoms with van der Waals surface area (Å²) in [5.74, 6) is -5.86. The normalized spacial score (nSPS) is 20.9. The Balaban J connectivity index is 4.07. The maximum atomic E-state index is 15.0. The van der Waals surface area contributed by atoms with Gasteiger partial charge in [-0.15, -0.1) is 0 Å². The zero-order chi connectivity index (χ0) is 28.5. The van der Waals surface area contributed by atoms with E-state index in [2.05, 4.69) is 9.47 Å². The van der Waals surface area contributed by atoms with E-state index in [9.17, 15) is 83.4 Å². The summed E-state index contributed by atoms with van der Waals surface area (Å²) in [5.41, 5.74) is -28.7. The van der Waals surface area contributed by atoms with Crippen molar-refractivity contribution in [3.63, 3.8) is 0 Å². The third kappa shape index (κ3) is 4.16. The first-order chi connectivity index (χ1) is 14.9. The van der Waals surface area contributed by atoms with Crippen LogP contribution in [0.2, 0.25) is 0 Å². The zero-order valence-electron chi connectivity index (χ0n) is 16.1. The molecule has 0 saturated carbocycles. The molecule has 0 spiro atoms. The molecule has 0 aromatic rings. The summed E-state index contributed by atoms with van der Waals surface area (Å²) in [6.07, 6.45) is -39.7. The van der Waals surface area contributed by atoms with E-state index in [1.165, 1.54) is 0 Å². The Morgan fingerprint density at radius 2 is 0.829 bits per heavy atom. The fourth-order valence-corrected chi connectivity index (χ4v) is 3.05. The quantitative estimate of drug-likeness (QED) is 0.334. The van der Waals surface area contributed by atoms with Crippen LogP contribution < -0.4 is 0 Å². The second-order valence-electron chi connectivity index (χ2n) is 7.54. The third-order valence-corrected chi connectivity index (χ3v) is 5.11. The van der Waals surface area contributed by atoms with Gasteiger partial charge in [-0.05, 0) is 6.92 Å². The minimum atomic E-state index is -8.56. The Hall–Kier alpha value is -1.41. The van der Waals surface area contributed by atoms with Crippen molar-refractivity contribution in [3.05, 3.63) is 0 Å². The molecule has 0 amide bonds. The molecule has 1 fully saturated rings. The average molecular weight is 570 g/mol. The van der Waals surface area contributed by atoms with Crippen LogP contribution in [0.3, 0.4) is 0 Å². The largest absolute Gasteiger partial charge is 0.449 e. The standard InChI is InChI=1S/C14H9F19O2/c1-5(2-34-3-5)9(18,14(31,32)33)35-4-6(15,7(16,10(19,20)21)11(22,23)24)8(17,12(25,26)27)13(28,29)30/h2-4H2,1H3. The van der Waals surface area contributed by atoms with Gasteiger partial charge in [-0.2, -0.15) is 65.9 Å². The van der Waals surface area contributed by atoms with Gasteiger partial charge in [0.05, 0.1) is 25.2 Å². The lowest BCUT2D eigenvalue weighted by atomic mass is 9.72. The Morgan fingerprint density at radius 1 is 0.543 bits per heavy atom. The minimum absolute atomic E-state index is 0.0658. The molecule has 2 nitrogen and oxygen atoms in total. The van der Waals surface area contributed by atoms with Gasteiger partial charge in [0.25, 0.3) is 0 Å². The van der Waals surface area contributed by atoms with Gasteiger partial charge < -0.3 is 9.47 Å². The van der Waals surface area contributed by atoms with Gasteiger partial charge in [0, 0.05) is 0 Å². The molecule has 210 valence electrons. The molecule has 0 aromatic heterocycles. The van der Waals surface area contributed by atoms with Crippen LogP contribution >= 0.6 is 0 Å². The molecule has 1 unspecified atom stereocenters. The third-order valence-electron chi connectivity index (χ3n) is 5.11. The molecule has 1 saturated heterocycles. The van der Waals surface area contributed by atoms with Crippen molar-refractivity contribution in [2.75, 3.05) is 19.8 Å². The molecule has 1 atom stereocenters. The molecule has 1 aliphatic heterocycles. The number of alkyl halides is 19. The van der Waals surface area contributed by atoms with E-state index in [4.69, 9.17) is 0 Å². The van der Waals surface area contributed by atoms with Gasteiger partial charge >= 0.3 is 48.1 Å². The van der Waals surface area contributed by atoms with Gasteiger partial charge in [-0.3, -0.25) is 0 Å². The second kappa shape index (κ2) is 8.04. The van der Waals surface area contributed by atoms with Gasteiger partial charge in [0.15, 0.2) is 0 Å². The van der Waals surface area contributed by atoms with Crippen molar-refractivity contribution in [2.24, 2.45) is 5.41 Å². The molecule has 0 aromatic carbocycles. The first kappa shape index (κ1) is 31.6. The Labute approximate surface area is 180 Å². The van der Waals surface area contributed by atoms with Crippen LogP contribution in [-0.2, 0) is 9.47 Å². The van der Waals surface area contributed by atoms with Crippen LogP contribution in [-0.4, -0.2) is 73.6 Å². The van der Waals surface area contributed by atoms with Gasteiger partial charge in [0.1, 0.15) is 0 Å². The Morgan fingerprint density at radius 3 is 1.00 bits per heavy atom. The van der Waals surface area contributed by atoms with Gasteiger partial charge in [-0.1, -0.05) is 0 Å². The molecule has 1 aliphatic rings. The van der Waals surface area contributed by atoms with Crippen molar-refractivity contribution in [3.8, 4) is 0 Å². The number of ether oxygens (including phenoxy) is 2. The highest BCUT2D eigenvalue weighted by molar-refractivity contribution is 5.24. The van der Waals surface area contributed by atoms with E-state index in [0.717, 1.165) is 0 Å². The molecular weight excluding hydrogens is 561 g/mol. The topological polar surface area (TPSA) is 18.5 Å². The lowest BCUT2D eigenvalue weighted by Gasteiger charge is -2.51. The second-order valence-corrected chi connectivity index (χ2v) is 7.54. The summed E-state index contributed by atoms with van der Waals surface area (Å²) in [7, 11) is 0. The Kier molecular flexibility index (Phi) is 7.27. The van der Waals surface area contributed by atoms with Crippen molar-refractivity contribution in [2.45, 2.75) is 60.7 Å². The number of hydrogen-bond donors (Lipinski definition) is 0. The fourth-order valence-electron chi connectivity index (χ4n) is 3.05. The molecule has 35 heavy (non-hydrogen) atoms. The van der Waals surface area contributed by atoms with Gasteiger partial charge in [-0.25, -0.2) is 17.6 Å². The van der Waals surface area contributed by atoms with Crippen LogP contribution in [0.15, 0.2) is 0 Å². The van der Waals surface area contributed by atoms with E-state index in [0.29, 0.717) is 0 Å². The van der Waals surface area contributed by atoms with E-state index >= 15 is 0 Å². The van der Waals surface area contributed by atoms with Crippen LogP contribution in [0.1, 0.15) is 6.92 Å². The van der Waals surface area contributed by atoms with Gasteiger partial charge in [0.2, 0.25) is 5.67 Å². The van der Waals surface area contributed by atoms with Crippen LogP contribution in [0.25, 0.3) is 0 Å². The van der Waals surface area contributed by atoms with Crippen LogP contribution in [0.4, 0.5) is 83.4 Å². The average Bonchev–Trinajstić information content (AvgIpc) is 2.57. The molecule has 1 heterocycles. The number of hydrogen-bond acceptors (Lipinski definition) is 2. The first-order valence-corrected chi connectivity index (χ1v) is 8.22. The monoisotopic (exact) mass is 570 g/mol. The SMILES string of the molecule is CC1(C(F)(OCC(F)(C(F)(C(F)(F)F)C(F)(F)F)C(F)(C(F)(F)F)C(F)(F)F)C(F)(F)F)COC1. The summed E-state index contributed by atoms with van der Waals surface area (Å²) in [5, 5.41) is 0. The van der Waals surface area contributed by atoms with E-state index in [1.54, 1.807) is 0 Å². The summed E-state index contributed by atoms with van der Waals surface area (Å²) < 4.78 is 260. The predicted octanol–water partition coefficient (Wildman–Crippen LogP) is 6.64. The number of rotatable bonds is 6. The smallest absolute Gasteiger partial charge is 0.380 e. The molecule has 0 aliphatic carbocycles. The van der Waals surface area contributed by atoms with E-state index in [1.807, 2.05) is 0 Å². The highest BCUT2D eigenvalue weighted by Gasteiger charge is 2.96. The summed E-state index contributed by atoms with van der Waals surface area (Å²) in [6.45, 7) is -7.66. The van der Waals surface area contributed by atoms with E-state index < -0.39 is 79.0 Å². The first-order valence-electron chi connectivity index (χ1n) is 8.22. The molecule has 0 N–H and O–H groups in total. The molecule has 0 radical (unpaired) electrons. The summed E-state index contributed by atoms with van der Waals surface area (Å²) >= 11 is 0. The highest BCUT2D eigenvalue weighted by atomic mass is 19.4. The van der Waals surface area contributed by atoms with Crippen molar-refractivity contribution < 1.29 is 92.9 Å². The minimum Gasteiger partial charge on any atom is -0.380 e. The van der Waals surface area contributed by atoms with Crippen molar-refractivity contribution in [1.29, 1.82) is 0 Å². The fraction of sp³-hybridized carbons (Fsp3) is 1.00. The summed E-state index contributed by atoms with van der Waals surface area (Å²) in [6, 6.07) is 0. The molecule has 0 bridgehead atoms. The van der Waals surface area contributed by atoms with Crippen molar-refractivity contribution >= 4 is 0 Å². The lowest BCUT2D eigenvalue weighted by Crippen LogP contribution is -2.81. The lowest BCUT2D eigenvalue weighted by molar-refractivity contribution is -0.463. The van der Waals surface area contributed by atoms with E-state index in [-0.39, 0.29) is 6.92 Å². The maximum Gasteiger partial charge on any atom is 0.449 e. The zero-order valence-corrected chi connectivity index (χ0v) is 16.1. The highest BCUT2D eigenvalue weighted by Crippen LogP contribution is 2.65. The van der Waals surface area contributed by atoms with Crippen LogP contribution in [0.5, 0.6) is 0 Å². The molecule has 21 heteroatoms. The predicted molar refractivity (Wildman–Crippen MR) is 70.5 cm³/mol. The van der Waals surface area contributed by atoms with Crippen molar-refractivity contribution in [1.82, 2.24) is 0 Å². The van der Waals surface area contributed by atoms with Crippen LogP contribution in [0, 0.1) is 5.41 Å². The summed E-state index contributed by atoms with van der Waals surface area (Å²) in [4.78, 5) is 0. The molecule has 1 rings (SSSR count).